The van der Waals surface area contributed by atoms with Crippen molar-refractivity contribution in [1.29, 1.82) is 0 Å². The lowest BCUT2D eigenvalue weighted by molar-refractivity contribution is -0.124. The number of sulfonamides is 1. The van der Waals surface area contributed by atoms with Gasteiger partial charge in [-0.15, -0.1) is 0 Å². The van der Waals surface area contributed by atoms with Gasteiger partial charge in [-0.3, -0.25) is 4.79 Å². The van der Waals surface area contributed by atoms with Gasteiger partial charge in [0.25, 0.3) is 5.91 Å². The largest absolute Gasteiger partial charge is 0.452 e. The molecule has 7 nitrogen and oxygen atoms in total. The number of esters is 1. The van der Waals surface area contributed by atoms with Crippen LogP contribution in [0.15, 0.2) is 23.1 Å². The summed E-state index contributed by atoms with van der Waals surface area (Å²) in [6, 6.07) is 3.52. The van der Waals surface area contributed by atoms with Crippen LogP contribution in [0.25, 0.3) is 0 Å². The van der Waals surface area contributed by atoms with Crippen LogP contribution in [0.2, 0.25) is 5.02 Å². The Bertz CT molecular complexity index is 750. The molecule has 0 radical (unpaired) electrons. The Balaban J connectivity index is 2.55. The molecule has 0 aliphatic carbocycles. The molecule has 0 fully saturated rings. The number of hydrogen-bond donors (Lipinski definition) is 2. The molecule has 146 valence electrons. The second-order valence-electron chi connectivity index (χ2n) is 6.56. The molecule has 1 aromatic carbocycles. The molecular formula is C17H25ClN2O5S. The van der Waals surface area contributed by atoms with E-state index in [4.69, 9.17) is 21.5 Å². The summed E-state index contributed by atoms with van der Waals surface area (Å²) in [5.74, 6) is -0.648. The van der Waals surface area contributed by atoms with Gasteiger partial charge in [0, 0.05) is 6.04 Å². The number of carbonyl (C=O) groups is 2. The van der Waals surface area contributed by atoms with E-state index in [-0.39, 0.29) is 21.5 Å². The van der Waals surface area contributed by atoms with Crippen molar-refractivity contribution in [3.05, 3.63) is 28.8 Å². The maximum absolute atomic E-state index is 12.0. The molecule has 1 amide bonds. The Hall–Kier alpha value is -1.64. The smallest absolute Gasteiger partial charge is 0.338 e. The quantitative estimate of drug-likeness (QED) is 0.613. The molecule has 0 unspecified atom stereocenters. The molecule has 1 aromatic rings. The van der Waals surface area contributed by atoms with E-state index < -0.39 is 28.5 Å². The predicted molar refractivity (Wildman–Crippen MR) is 99.4 cm³/mol. The van der Waals surface area contributed by atoms with E-state index in [1.54, 1.807) is 0 Å². The molecule has 9 heteroatoms. The van der Waals surface area contributed by atoms with Gasteiger partial charge in [0.15, 0.2) is 6.61 Å². The van der Waals surface area contributed by atoms with Crippen LogP contribution in [0.1, 0.15) is 50.4 Å². The number of nitrogens with two attached hydrogens (primary N) is 1. The van der Waals surface area contributed by atoms with Gasteiger partial charge >= 0.3 is 5.97 Å². The summed E-state index contributed by atoms with van der Waals surface area (Å²) in [6.07, 6.45) is 2.92. The lowest BCUT2D eigenvalue weighted by atomic mass is 10.0. The molecule has 0 saturated heterocycles. The van der Waals surface area contributed by atoms with E-state index in [9.17, 15) is 18.0 Å². The molecule has 0 aliphatic rings. The molecule has 26 heavy (non-hydrogen) atoms. The first kappa shape index (κ1) is 22.4. The van der Waals surface area contributed by atoms with E-state index in [1.807, 2.05) is 6.92 Å². The minimum absolute atomic E-state index is 0.0236. The Morgan fingerprint density at radius 2 is 1.88 bits per heavy atom. The van der Waals surface area contributed by atoms with Crippen molar-refractivity contribution in [2.24, 2.45) is 11.1 Å². The fraction of sp³-hybridized carbons (Fsp3) is 0.529. The predicted octanol–water partition coefficient (Wildman–Crippen LogP) is 2.48. The first-order valence-electron chi connectivity index (χ1n) is 8.29. The number of nitrogens with one attached hydrogen (secondary N) is 1. The van der Waals surface area contributed by atoms with Gasteiger partial charge in [-0.05, 0) is 37.5 Å². The van der Waals surface area contributed by atoms with Crippen molar-refractivity contribution < 1.29 is 22.7 Å². The Kier molecular flexibility index (Phi) is 8.52. The fourth-order valence-corrected chi connectivity index (χ4v) is 3.35. The third kappa shape index (κ3) is 7.72. The Labute approximate surface area is 159 Å². The van der Waals surface area contributed by atoms with Crippen molar-refractivity contribution in [3.8, 4) is 0 Å². The van der Waals surface area contributed by atoms with E-state index in [0.717, 1.165) is 25.3 Å². The van der Waals surface area contributed by atoms with Crippen molar-refractivity contribution in [2.75, 3.05) is 6.61 Å². The zero-order valence-corrected chi connectivity index (χ0v) is 16.7. The Morgan fingerprint density at radius 1 is 1.23 bits per heavy atom. The minimum atomic E-state index is -4.07. The van der Waals surface area contributed by atoms with Crippen molar-refractivity contribution in [2.45, 2.75) is 51.0 Å². The summed E-state index contributed by atoms with van der Waals surface area (Å²) in [5, 5.41) is 7.69. The highest BCUT2D eigenvalue weighted by Gasteiger charge is 2.18. The first-order valence-corrected chi connectivity index (χ1v) is 10.2. The zero-order chi connectivity index (χ0) is 19.9. The van der Waals surface area contributed by atoms with Gasteiger partial charge in [0.05, 0.1) is 10.6 Å². The monoisotopic (exact) mass is 404 g/mol. The molecule has 1 atom stereocenters. The number of primary sulfonamides is 1. The highest BCUT2D eigenvalue weighted by Crippen LogP contribution is 2.21. The van der Waals surface area contributed by atoms with Crippen LogP contribution < -0.4 is 10.5 Å². The van der Waals surface area contributed by atoms with Crippen molar-refractivity contribution in [3.63, 3.8) is 0 Å². The average molecular weight is 405 g/mol. The summed E-state index contributed by atoms with van der Waals surface area (Å²) in [6.45, 7) is 5.71. The molecule has 0 aliphatic heterocycles. The van der Waals surface area contributed by atoms with E-state index in [1.165, 1.54) is 12.1 Å². The van der Waals surface area contributed by atoms with E-state index in [0.29, 0.717) is 5.92 Å². The number of rotatable bonds is 9. The van der Waals surface area contributed by atoms with Gasteiger partial charge in [-0.25, -0.2) is 18.4 Å². The lowest BCUT2D eigenvalue weighted by Gasteiger charge is -2.14. The van der Waals surface area contributed by atoms with Crippen LogP contribution in [0.4, 0.5) is 0 Å². The van der Waals surface area contributed by atoms with Gasteiger partial charge < -0.3 is 10.1 Å². The van der Waals surface area contributed by atoms with Crippen LogP contribution in [0, 0.1) is 5.92 Å². The molecule has 0 bridgehead atoms. The second-order valence-corrected chi connectivity index (χ2v) is 8.50. The molecule has 1 rings (SSSR count). The molecule has 3 N–H and O–H groups in total. The molecule has 0 spiro atoms. The highest BCUT2D eigenvalue weighted by molar-refractivity contribution is 7.89. The van der Waals surface area contributed by atoms with Crippen LogP contribution in [-0.2, 0) is 19.6 Å². The normalized spacial score (nSPS) is 12.7. The highest BCUT2D eigenvalue weighted by atomic mass is 35.5. The van der Waals surface area contributed by atoms with Crippen molar-refractivity contribution >= 4 is 33.5 Å². The van der Waals surface area contributed by atoms with Crippen LogP contribution in [0.5, 0.6) is 0 Å². The van der Waals surface area contributed by atoms with Gasteiger partial charge in [-0.1, -0.05) is 38.3 Å². The summed E-state index contributed by atoms with van der Waals surface area (Å²) < 4.78 is 27.8. The zero-order valence-electron chi connectivity index (χ0n) is 15.1. The Morgan fingerprint density at radius 3 is 2.46 bits per heavy atom. The third-order valence-corrected chi connectivity index (χ3v) is 5.03. The standard InChI is InChI=1S/C17H25ClN2O5S/c1-11(2)5-4-6-12(3)20-16(21)10-25-17(22)13-7-8-14(18)15(9-13)26(19,23)24/h7-9,11-12H,4-6,10H2,1-3H3,(H,20,21)(H2,19,23,24)/t12-/m0/s1. The van der Waals surface area contributed by atoms with E-state index >= 15 is 0 Å². The summed E-state index contributed by atoms with van der Waals surface area (Å²) in [7, 11) is -4.07. The average Bonchev–Trinajstić information content (AvgIpc) is 2.51. The molecule has 0 aromatic heterocycles. The summed E-state index contributed by atoms with van der Waals surface area (Å²) >= 11 is 5.76. The lowest BCUT2D eigenvalue weighted by Crippen LogP contribution is -2.35. The molecule has 0 saturated carbocycles. The molecule has 0 heterocycles. The number of hydrogen-bond acceptors (Lipinski definition) is 5. The number of amides is 1. The molecular weight excluding hydrogens is 380 g/mol. The van der Waals surface area contributed by atoms with Crippen LogP contribution >= 0.6 is 11.6 Å². The fourth-order valence-electron chi connectivity index (χ4n) is 2.28. The third-order valence-electron chi connectivity index (χ3n) is 3.63. The number of benzene rings is 1. The van der Waals surface area contributed by atoms with Gasteiger partial charge in [0.1, 0.15) is 4.90 Å². The van der Waals surface area contributed by atoms with E-state index in [2.05, 4.69) is 19.2 Å². The van der Waals surface area contributed by atoms with Gasteiger partial charge in [0.2, 0.25) is 10.0 Å². The van der Waals surface area contributed by atoms with Crippen LogP contribution in [-0.4, -0.2) is 32.9 Å². The second kappa shape index (κ2) is 9.89. The minimum Gasteiger partial charge on any atom is -0.452 e. The summed E-state index contributed by atoms with van der Waals surface area (Å²) in [4.78, 5) is 23.5. The summed E-state index contributed by atoms with van der Waals surface area (Å²) in [5.41, 5.74) is -0.0591. The maximum Gasteiger partial charge on any atom is 0.338 e. The number of halogens is 1. The SMILES string of the molecule is CC(C)CCC[C@H](C)NC(=O)COC(=O)c1ccc(Cl)c(S(N)(=O)=O)c1. The van der Waals surface area contributed by atoms with Crippen molar-refractivity contribution in [1.82, 2.24) is 5.32 Å². The van der Waals surface area contributed by atoms with Gasteiger partial charge in [-0.2, -0.15) is 0 Å². The number of carbonyl (C=O) groups excluding carboxylic acids is 2. The first-order chi connectivity index (χ1) is 12.0. The maximum atomic E-state index is 12.0. The number of ether oxygens (including phenoxy) is 1. The van der Waals surface area contributed by atoms with Crippen LogP contribution in [0.3, 0.4) is 0 Å². The topological polar surface area (TPSA) is 116 Å².